The van der Waals surface area contributed by atoms with Gasteiger partial charge in [0.05, 0.1) is 0 Å². The maximum atomic E-state index is 10.6. The summed E-state index contributed by atoms with van der Waals surface area (Å²) in [5.74, 6) is 0. The third-order valence-corrected chi connectivity index (χ3v) is 6.75. The molecule has 136 valence electrons. The number of fused-ring (bicyclic) bond motifs is 1. The lowest BCUT2D eigenvalue weighted by Gasteiger charge is -2.42. The fourth-order valence-electron chi connectivity index (χ4n) is 3.77. The molecule has 0 unspecified atom stereocenters. The van der Waals surface area contributed by atoms with E-state index in [1.165, 1.54) is 39.3 Å². The van der Waals surface area contributed by atoms with Crippen LogP contribution in [0.4, 0.5) is 0 Å². The van der Waals surface area contributed by atoms with Crippen molar-refractivity contribution in [2.45, 2.75) is 68.1 Å². The molecule has 0 radical (unpaired) electrons. The van der Waals surface area contributed by atoms with Crippen molar-refractivity contribution in [2.24, 2.45) is 0 Å². The van der Waals surface area contributed by atoms with Crippen molar-refractivity contribution in [1.29, 1.82) is 0 Å². The Hall–Kier alpha value is -1.80. The van der Waals surface area contributed by atoms with E-state index in [2.05, 4.69) is 58.9 Å². The van der Waals surface area contributed by atoms with Crippen LogP contribution in [-0.2, 0) is 15.6 Å². The number of carbonyl (C=O) groups excluding carboxylic acids is 1. The Balaban J connectivity index is 2.00. The number of benzene rings is 2. The summed E-state index contributed by atoms with van der Waals surface area (Å²) in [5.41, 5.74) is 5.88. The molecule has 0 saturated carbocycles. The smallest absolute Gasteiger partial charge is 0.142 e. The first-order valence-corrected chi connectivity index (χ1v) is 10.1. The minimum Gasteiger partial charge on any atom is -0.299 e. The number of allylic oxidation sites excluding steroid dienone is 1. The molecule has 1 nitrogen and oxygen atoms in total. The van der Waals surface area contributed by atoms with Crippen LogP contribution in [0.25, 0.3) is 6.08 Å². The van der Waals surface area contributed by atoms with Gasteiger partial charge in [0.2, 0.25) is 0 Å². The fraction of sp³-hybridized carbons (Fsp3) is 0.375. The van der Waals surface area contributed by atoms with Gasteiger partial charge in [-0.1, -0.05) is 63.7 Å². The molecule has 2 aromatic rings. The number of rotatable bonds is 4. The van der Waals surface area contributed by atoms with E-state index in [9.17, 15) is 4.79 Å². The van der Waals surface area contributed by atoms with Gasteiger partial charge in [0.15, 0.2) is 0 Å². The second kappa shape index (κ2) is 7.08. The number of hydrogen-bond acceptors (Lipinski definition) is 2. The molecule has 2 aromatic carbocycles. The van der Waals surface area contributed by atoms with Crippen LogP contribution < -0.4 is 0 Å². The summed E-state index contributed by atoms with van der Waals surface area (Å²) in [6, 6.07) is 13.2. The highest BCUT2D eigenvalue weighted by atomic mass is 32.2. The molecule has 0 aliphatic heterocycles. The number of aldehydes is 1. The highest BCUT2D eigenvalue weighted by molar-refractivity contribution is 7.99. The number of aryl methyl sites for hydroxylation is 1. The molecule has 0 amide bonds. The summed E-state index contributed by atoms with van der Waals surface area (Å²) in [7, 11) is 0. The van der Waals surface area contributed by atoms with Gasteiger partial charge in [-0.2, -0.15) is 0 Å². The van der Waals surface area contributed by atoms with E-state index < -0.39 is 0 Å². The molecule has 26 heavy (non-hydrogen) atoms. The van der Waals surface area contributed by atoms with E-state index in [0.29, 0.717) is 0 Å². The normalized spacial score (nSPS) is 17.9. The van der Waals surface area contributed by atoms with E-state index in [4.69, 9.17) is 0 Å². The molecule has 1 aliphatic rings. The lowest BCUT2D eigenvalue weighted by Crippen LogP contribution is -2.34. The second-order valence-corrected chi connectivity index (χ2v) is 9.72. The molecule has 0 aromatic heterocycles. The highest BCUT2D eigenvalue weighted by Crippen LogP contribution is 2.48. The van der Waals surface area contributed by atoms with Gasteiger partial charge in [-0.3, -0.25) is 4.79 Å². The van der Waals surface area contributed by atoms with E-state index in [1.807, 2.05) is 30.0 Å². The van der Waals surface area contributed by atoms with Crippen molar-refractivity contribution in [3.8, 4) is 0 Å². The van der Waals surface area contributed by atoms with Crippen LogP contribution in [0.1, 0.15) is 62.8 Å². The molecular weight excluding hydrogens is 336 g/mol. The van der Waals surface area contributed by atoms with Gasteiger partial charge in [-0.15, -0.1) is 0 Å². The first kappa shape index (κ1) is 19.0. The summed E-state index contributed by atoms with van der Waals surface area (Å²) in [5, 5.41) is 0. The summed E-state index contributed by atoms with van der Waals surface area (Å²) in [4.78, 5) is 13.1. The van der Waals surface area contributed by atoms with Crippen LogP contribution in [0.15, 0.2) is 52.3 Å². The average molecular weight is 365 g/mol. The Morgan fingerprint density at radius 2 is 1.62 bits per heavy atom. The van der Waals surface area contributed by atoms with Crippen molar-refractivity contribution in [1.82, 2.24) is 0 Å². The van der Waals surface area contributed by atoms with Gasteiger partial charge in [-0.05, 0) is 77.1 Å². The zero-order valence-electron chi connectivity index (χ0n) is 16.4. The van der Waals surface area contributed by atoms with E-state index in [1.54, 1.807) is 6.08 Å². The molecule has 1 aliphatic carbocycles. The molecule has 2 heteroatoms. The first-order chi connectivity index (χ1) is 12.2. The van der Waals surface area contributed by atoms with Gasteiger partial charge in [0.25, 0.3) is 0 Å². The third kappa shape index (κ3) is 3.81. The monoisotopic (exact) mass is 364 g/mol. The van der Waals surface area contributed by atoms with E-state index >= 15 is 0 Å². The maximum Gasteiger partial charge on any atom is 0.142 e. The molecule has 0 N–H and O–H groups in total. The fourth-order valence-corrected chi connectivity index (χ4v) is 4.76. The van der Waals surface area contributed by atoms with Crippen LogP contribution in [0, 0.1) is 6.92 Å². The molecule has 0 saturated heterocycles. The molecule has 0 atom stereocenters. The second-order valence-electron chi connectivity index (χ2n) is 8.60. The molecule has 0 bridgehead atoms. The van der Waals surface area contributed by atoms with E-state index in [-0.39, 0.29) is 10.8 Å². The largest absolute Gasteiger partial charge is 0.299 e. The van der Waals surface area contributed by atoms with Gasteiger partial charge < -0.3 is 0 Å². The average Bonchev–Trinajstić information content (AvgIpc) is 2.59. The van der Waals surface area contributed by atoms with Crippen LogP contribution in [0.2, 0.25) is 0 Å². The lowest BCUT2D eigenvalue weighted by atomic mass is 9.63. The Labute approximate surface area is 161 Å². The van der Waals surface area contributed by atoms with Crippen LogP contribution in [0.3, 0.4) is 0 Å². The number of hydrogen-bond donors (Lipinski definition) is 0. The van der Waals surface area contributed by atoms with Crippen molar-refractivity contribution < 1.29 is 4.79 Å². The van der Waals surface area contributed by atoms with E-state index in [0.717, 1.165) is 11.8 Å². The number of carbonyl (C=O) groups is 1. The molecule has 3 rings (SSSR count). The molecular formula is C24H28OS. The summed E-state index contributed by atoms with van der Waals surface area (Å²) >= 11 is 1.81. The zero-order valence-corrected chi connectivity index (χ0v) is 17.2. The van der Waals surface area contributed by atoms with Gasteiger partial charge in [0.1, 0.15) is 6.29 Å². The lowest BCUT2D eigenvalue weighted by molar-refractivity contribution is -0.104. The van der Waals surface area contributed by atoms with Gasteiger partial charge >= 0.3 is 0 Å². The Bertz CT molecular complexity index is 859. The standard InChI is InChI=1S/C24H28OS/c1-17-14-20-21(24(4,5)12-11-23(20,2)3)16-22(17)26-19-10-6-8-18(15-19)9-7-13-25/h6-10,13-16H,11-12H2,1-5H3. The Morgan fingerprint density at radius 1 is 0.962 bits per heavy atom. The van der Waals surface area contributed by atoms with Crippen molar-refractivity contribution in [3.05, 3.63) is 64.7 Å². The topological polar surface area (TPSA) is 17.1 Å². The zero-order chi connectivity index (χ0) is 18.9. The third-order valence-electron chi connectivity index (χ3n) is 5.60. The Morgan fingerprint density at radius 3 is 2.27 bits per heavy atom. The maximum absolute atomic E-state index is 10.6. The minimum atomic E-state index is 0.225. The van der Waals surface area contributed by atoms with Crippen LogP contribution >= 0.6 is 11.8 Å². The van der Waals surface area contributed by atoms with Crippen LogP contribution in [0.5, 0.6) is 0 Å². The predicted molar refractivity (Wildman–Crippen MR) is 112 cm³/mol. The SMILES string of the molecule is Cc1cc2c(cc1Sc1cccc(C=CC=O)c1)C(C)(C)CCC2(C)C. The summed E-state index contributed by atoms with van der Waals surface area (Å²) in [6.07, 6.45) is 6.67. The predicted octanol–water partition coefficient (Wildman–Crippen LogP) is 6.71. The quantitative estimate of drug-likeness (QED) is 0.443. The molecule has 0 heterocycles. The van der Waals surface area contributed by atoms with Gasteiger partial charge in [0, 0.05) is 9.79 Å². The Kier molecular flexibility index (Phi) is 5.16. The first-order valence-electron chi connectivity index (χ1n) is 9.28. The van der Waals surface area contributed by atoms with Gasteiger partial charge in [-0.25, -0.2) is 0 Å². The summed E-state index contributed by atoms with van der Waals surface area (Å²) < 4.78 is 0. The molecule has 0 fully saturated rings. The van der Waals surface area contributed by atoms with Crippen molar-refractivity contribution >= 4 is 24.1 Å². The minimum absolute atomic E-state index is 0.225. The summed E-state index contributed by atoms with van der Waals surface area (Å²) in [6.45, 7) is 11.7. The highest BCUT2D eigenvalue weighted by Gasteiger charge is 2.37. The van der Waals surface area contributed by atoms with Crippen LogP contribution in [-0.4, -0.2) is 6.29 Å². The molecule has 0 spiro atoms. The van der Waals surface area contributed by atoms with Crippen molar-refractivity contribution in [2.75, 3.05) is 0 Å². The van der Waals surface area contributed by atoms with Crippen molar-refractivity contribution in [3.63, 3.8) is 0 Å².